The van der Waals surface area contributed by atoms with E-state index >= 15 is 0 Å². The number of hydrogen-bond donors (Lipinski definition) is 1. The molecule has 1 aromatic heterocycles. The minimum Gasteiger partial charge on any atom is -0.492 e. The van der Waals surface area contributed by atoms with Crippen LogP contribution in [-0.4, -0.2) is 27.5 Å². The molecule has 1 aromatic carbocycles. The Morgan fingerprint density at radius 3 is 2.94 bits per heavy atom. The average molecular weight is 246 g/mol. The highest BCUT2D eigenvalue weighted by molar-refractivity contribution is 5.89. The van der Waals surface area contributed by atoms with E-state index in [9.17, 15) is 4.79 Å². The van der Waals surface area contributed by atoms with E-state index in [4.69, 9.17) is 9.84 Å². The van der Waals surface area contributed by atoms with Gasteiger partial charge in [-0.2, -0.15) is 5.10 Å². The first-order valence-corrected chi connectivity index (χ1v) is 5.61. The van der Waals surface area contributed by atoms with Gasteiger partial charge in [0, 0.05) is 12.4 Å². The van der Waals surface area contributed by atoms with Crippen LogP contribution in [0, 0.1) is 6.92 Å². The molecule has 18 heavy (non-hydrogen) atoms. The molecule has 2 aromatic rings. The molecule has 5 heteroatoms. The minimum absolute atomic E-state index is 0.300. The number of aromatic carboxylic acids is 1. The summed E-state index contributed by atoms with van der Waals surface area (Å²) in [4.78, 5) is 10.9. The van der Waals surface area contributed by atoms with Crippen molar-refractivity contribution in [2.45, 2.75) is 13.5 Å². The largest absolute Gasteiger partial charge is 0.492 e. The fourth-order valence-corrected chi connectivity index (χ4v) is 1.66. The zero-order valence-electron chi connectivity index (χ0n) is 10.0. The molecule has 0 bridgehead atoms. The summed E-state index contributed by atoms with van der Waals surface area (Å²) in [5.74, 6) is -0.250. The topological polar surface area (TPSA) is 64.4 Å². The quantitative estimate of drug-likeness (QED) is 0.876. The molecule has 0 radical (unpaired) electrons. The molecule has 0 unspecified atom stereocenters. The highest BCUT2D eigenvalue weighted by Crippen LogP contribution is 2.17. The summed E-state index contributed by atoms with van der Waals surface area (Å²) in [6, 6.07) is 6.80. The first kappa shape index (κ1) is 12.2. The van der Waals surface area contributed by atoms with Crippen LogP contribution in [0.3, 0.4) is 0 Å². The molecule has 0 spiro atoms. The van der Waals surface area contributed by atoms with E-state index in [0.717, 1.165) is 0 Å². The van der Waals surface area contributed by atoms with Gasteiger partial charge in [0.1, 0.15) is 12.4 Å². The van der Waals surface area contributed by atoms with Gasteiger partial charge >= 0.3 is 5.97 Å². The third kappa shape index (κ3) is 2.88. The Balaban J connectivity index is 1.94. The van der Waals surface area contributed by atoms with Gasteiger partial charge in [-0.3, -0.25) is 4.68 Å². The fraction of sp³-hybridized carbons (Fsp3) is 0.231. The second kappa shape index (κ2) is 5.35. The smallest absolute Gasteiger partial charge is 0.335 e. The monoisotopic (exact) mass is 246 g/mol. The number of nitrogens with zero attached hydrogens (tertiary/aromatic N) is 2. The Morgan fingerprint density at radius 1 is 1.50 bits per heavy atom. The van der Waals surface area contributed by atoms with Crippen molar-refractivity contribution < 1.29 is 14.6 Å². The molecule has 1 heterocycles. The van der Waals surface area contributed by atoms with E-state index in [2.05, 4.69) is 5.10 Å². The highest BCUT2D eigenvalue weighted by atomic mass is 16.5. The van der Waals surface area contributed by atoms with Crippen molar-refractivity contribution in [3.8, 4) is 5.75 Å². The molecule has 0 saturated heterocycles. The normalized spacial score (nSPS) is 10.3. The molecule has 94 valence electrons. The lowest BCUT2D eigenvalue weighted by Gasteiger charge is -2.08. The van der Waals surface area contributed by atoms with E-state index in [1.165, 1.54) is 0 Å². The third-order valence-corrected chi connectivity index (χ3v) is 2.58. The lowest BCUT2D eigenvalue weighted by atomic mass is 10.1. The predicted molar refractivity (Wildman–Crippen MR) is 65.9 cm³/mol. The van der Waals surface area contributed by atoms with Crippen LogP contribution in [0.25, 0.3) is 0 Å². The molecule has 1 N–H and O–H groups in total. The lowest BCUT2D eigenvalue weighted by Crippen LogP contribution is -2.09. The van der Waals surface area contributed by atoms with Crippen molar-refractivity contribution in [2.75, 3.05) is 6.61 Å². The molecule has 0 amide bonds. The number of aryl methyl sites for hydroxylation is 1. The predicted octanol–water partition coefficient (Wildman–Crippen LogP) is 1.97. The molecular weight excluding hydrogens is 232 g/mol. The number of aromatic nitrogens is 2. The highest BCUT2D eigenvalue weighted by Gasteiger charge is 2.07. The van der Waals surface area contributed by atoms with Gasteiger partial charge in [-0.05, 0) is 36.8 Å². The maximum Gasteiger partial charge on any atom is 0.335 e. The molecule has 0 aliphatic rings. The van der Waals surface area contributed by atoms with Crippen molar-refractivity contribution in [3.63, 3.8) is 0 Å². The minimum atomic E-state index is -0.921. The van der Waals surface area contributed by atoms with Crippen molar-refractivity contribution >= 4 is 5.97 Å². The second-order valence-corrected chi connectivity index (χ2v) is 3.90. The third-order valence-electron chi connectivity index (χ3n) is 2.58. The Hall–Kier alpha value is -2.30. The Labute approximate surface area is 105 Å². The summed E-state index contributed by atoms with van der Waals surface area (Å²) in [6.07, 6.45) is 3.58. The zero-order valence-corrected chi connectivity index (χ0v) is 10.0. The van der Waals surface area contributed by atoms with Crippen LogP contribution in [-0.2, 0) is 6.54 Å². The second-order valence-electron chi connectivity index (χ2n) is 3.90. The van der Waals surface area contributed by atoms with Crippen LogP contribution < -0.4 is 4.74 Å². The summed E-state index contributed by atoms with van der Waals surface area (Å²) < 4.78 is 7.32. The Kier molecular flexibility index (Phi) is 3.62. The number of carboxylic acid groups (broad SMARTS) is 1. The number of hydrogen-bond acceptors (Lipinski definition) is 3. The van der Waals surface area contributed by atoms with Crippen LogP contribution in [0.4, 0.5) is 0 Å². The van der Waals surface area contributed by atoms with Gasteiger partial charge in [-0.25, -0.2) is 4.79 Å². The van der Waals surface area contributed by atoms with Crippen LogP contribution in [0.2, 0.25) is 0 Å². The van der Waals surface area contributed by atoms with Gasteiger partial charge < -0.3 is 9.84 Å². The van der Waals surface area contributed by atoms with Crippen LogP contribution >= 0.6 is 0 Å². The summed E-state index contributed by atoms with van der Waals surface area (Å²) in [6.45, 7) is 2.91. The summed E-state index contributed by atoms with van der Waals surface area (Å²) in [7, 11) is 0. The zero-order chi connectivity index (χ0) is 13.0. The number of ether oxygens (including phenoxy) is 1. The van der Waals surface area contributed by atoms with Crippen LogP contribution in [0.5, 0.6) is 5.75 Å². The Morgan fingerprint density at radius 2 is 2.33 bits per heavy atom. The maximum absolute atomic E-state index is 10.9. The molecule has 2 rings (SSSR count). The van der Waals surface area contributed by atoms with Crippen molar-refractivity contribution in [2.24, 2.45) is 0 Å². The lowest BCUT2D eigenvalue weighted by molar-refractivity contribution is 0.0696. The summed E-state index contributed by atoms with van der Waals surface area (Å²) in [5, 5.41) is 13.0. The first-order valence-electron chi connectivity index (χ1n) is 5.61. The first-order chi connectivity index (χ1) is 8.66. The molecule has 0 saturated carbocycles. The summed E-state index contributed by atoms with van der Waals surface area (Å²) in [5.41, 5.74) is 0.994. The molecule has 0 fully saturated rings. The fourth-order valence-electron chi connectivity index (χ4n) is 1.66. The van der Waals surface area contributed by atoms with E-state index in [-0.39, 0.29) is 0 Å². The number of benzene rings is 1. The molecular formula is C13H14N2O3. The van der Waals surface area contributed by atoms with Crippen molar-refractivity contribution in [3.05, 3.63) is 47.8 Å². The standard InChI is InChI=1S/C13H14N2O3/c1-10-9-11(3-4-12(10)13(16)17)18-8-7-15-6-2-5-14-15/h2-6,9H,7-8H2,1H3,(H,16,17). The van der Waals surface area contributed by atoms with Gasteiger partial charge in [0.25, 0.3) is 0 Å². The molecule has 0 aliphatic heterocycles. The van der Waals surface area contributed by atoms with Gasteiger partial charge in [-0.15, -0.1) is 0 Å². The number of rotatable bonds is 5. The van der Waals surface area contributed by atoms with E-state index in [1.54, 1.807) is 36.0 Å². The van der Waals surface area contributed by atoms with Gasteiger partial charge in [0.05, 0.1) is 12.1 Å². The van der Waals surface area contributed by atoms with E-state index < -0.39 is 5.97 Å². The van der Waals surface area contributed by atoms with Crippen LogP contribution in [0.15, 0.2) is 36.7 Å². The number of carboxylic acids is 1. The summed E-state index contributed by atoms with van der Waals surface area (Å²) >= 11 is 0. The van der Waals surface area contributed by atoms with Crippen molar-refractivity contribution in [1.82, 2.24) is 9.78 Å². The van der Waals surface area contributed by atoms with E-state index in [0.29, 0.717) is 30.0 Å². The van der Waals surface area contributed by atoms with Crippen LogP contribution in [0.1, 0.15) is 15.9 Å². The SMILES string of the molecule is Cc1cc(OCCn2cccn2)ccc1C(=O)O. The average Bonchev–Trinajstić information content (AvgIpc) is 2.81. The van der Waals surface area contributed by atoms with E-state index in [1.807, 2.05) is 12.3 Å². The molecule has 0 atom stereocenters. The van der Waals surface area contributed by atoms with Gasteiger partial charge in [0.15, 0.2) is 0 Å². The molecule has 5 nitrogen and oxygen atoms in total. The van der Waals surface area contributed by atoms with Gasteiger partial charge in [-0.1, -0.05) is 0 Å². The maximum atomic E-state index is 10.9. The molecule has 0 aliphatic carbocycles. The van der Waals surface area contributed by atoms with Gasteiger partial charge in [0.2, 0.25) is 0 Å². The van der Waals surface area contributed by atoms with Crippen molar-refractivity contribution in [1.29, 1.82) is 0 Å². The number of carbonyl (C=O) groups is 1. The Bertz CT molecular complexity index is 535.